The third kappa shape index (κ3) is 3.70. The molecule has 2 aliphatic rings. The van der Waals surface area contributed by atoms with Crippen LogP contribution in [0.15, 0.2) is 0 Å². The third-order valence-corrected chi connectivity index (χ3v) is 4.54. The van der Waals surface area contributed by atoms with Crippen LogP contribution in [0.5, 0.6) is 0 Å². The number of hydrogen-bond acceptors (Lipinski definition) is 2. The molecule has 2 atom stereocenters. The van der Waals surface area contributed by atoms with Gasteiger partial charge in [-0.2, -0.15) is 0 Å². The van der Waals surface area contributed by atoms with E-state index in [2.05, 4.69) is 12.2 Å². The average molecular weight is 238 g/mol. The molecule has 0 heterocycles. The number of nitrogens with two attached hydrogens (primary N) is 1. The summed E-state index contributed by atoms with van der Waals surface area (Å²) in [5, 5.41) is 3.80. The van der Waals surface area contributed by atoms with E-state index in [0.717, 1.165) is 31.6 Å². The minimum absolute atomic E-state index is 0.102. The highest BCUT2D eigenvalue weighted by molar-refractivity contribution is 5.76. The van der Waals surface area contributed by atoms with E-state index in [-0.39, 0.29) is 11.8 Å². The van der Waals surface area contributed by atoms with Crippen LogP contribution in [0.3, 0.4) is 0 Å². The van der Waals surface area contributed by atoms with Crippen LogP contribution < -0.4 is 11.1 Å². The van der Waals surface area contributed by atoms with Crippen LogP contribution in [-0.2, 0) is 4.79 Å². The Bertz CT molecular complexity index is 259. The monoisotopic (exact) mass is 238 g/mol. The van der Waals surface area contributed by atoms with Crippen molar-refractivity contribution in [2.45, 2.75) is 70.4 Å². The number of nitrogens with one attached hydrogen (secondary N) is 1. The van der Waals surface area contributed by atoms with E-state index in [1.165, 1.54) is 25.7 Å². The standard InChI is InChI=1S/C14H26N2O/c1-10-3-2-4-13(9-10)16-12-7-5-11(6-8-12)14(15)17/h10-13,16H,2-9H2,1H3,(H2,15,17). The molecule has 0 aromatic rings. The smallest absolute Gasteiger partial charge is 0.220 e. The lowest BCUT2D eigenvalue weighted by Crippen LogP contribution is -2.43. The molecule has 2 fully saturated rings. The van der Waals surface area contributed by atoms with Gasteiger partial charge in [-0.05, 0) is 44.4 Å². The summed E-state index contributed by atoms with van der Waals surface area (Å²) in [5.41, 5.74) is 5.36. The highest BCUT2D eigenvalue weighted by Gasteiger charge is 2.27. The molecular formula is C14H26N2O. The molecule has 3 N–H and O–H groups in total. The molecule has 1 amide bonds. The van der Waals surface area contributed by atoms with Crippen molar-refractivity contribution < 1.29 is 4.79 Å². The molecule has 17 heavy (non-hydrogen) atoms. The van der Waals surface area contributed by atoms with Crippen molar-refractivity contribution in [2.75, 3.05) is 0 Å². The summed E-state index contributed by atoms with van der Waals surface area (Å²) >= 11 is 0. The lowest BCUT2D eigenvalue weighted by molar-refractivity contribution is -0.122. The molecule has 2 aliphatic carbocycles. The Morgan fingerprint density at radius 1 is 1.06 bits per heavy atom. The number of amides is 1. The molecular weight excluding hydrogens is 212 g/mol. The molecule has 0 aromatic heterocycles. The normalized spacial score (nSPS) is 38.9. The maximum absolute atomic E-state index is 11.1. The van der Waals surface area contributed by atoms with Gasteiger partial charge in [-0.3, -0.25) is 4.79 Å². The number of primary amides is 1. The maximum atomic E-state index is 11.1. The van der Waals surface area contributed by atoms with Crippen LogP contribution >= 0.6 is 0 Å². The first-order valence-electron chi connectivity index (χ1n) is 7.20. The quantitative estimate of drug-likeness (QED) is 0.792. The lowest BCUT2D eigenvalue weighted by Gasteiger charge is -2.34. The van der Waals surface area contributed by atoms with Crippen LogP contribution in [0.2, 0.25) is 0 Å². The number of carbonyl (C=O) groups is 1. The molecule has 98 valence electrons. The highest BCUT2D eigenvalue weighted by Crippen LogP contribution is 2.28. The van der Waals surface area contributed by atoms with Crippen molar-refractivity contribution in [2.24, 2.45) is 17.6 Å². The molecule has 0 aliphatic heterocycles. The van der Waals surface area contributed by atoms with Gasteiger partial charge in [-0.1, -0.05) is 19.8 Å². The van der Waals surface area contributed by atoms with Crippen LogP contribution in [0, 0.1) is 11.8 Å². The molecule has 2 saturated carbocycles. The highest BCUT2D eigenvalue weighted by atomic mass is 16.1. The molecule has 0 saturated heterocycles. The van der Waals surface area contributed by atoms with Crippen LogP contribution in [0.4, 0.5) is 0 Å². The summed E-state index contributed by atoms with van der Waals surface area (Å²) in [5.74, 6) is 0.913. The molecule has 0 radical (unpaired) electrons. The molecule has 2 unspecified atom stereocenters. The second-order valence-electron chi connectivity index (χ2n) is 6.09. The van der Waals surface area contributed by atoms with Gasteiger partial charge in [0, 0.05) is 18.0 Å². The Morgan fingerprint density at radius 3 is 2.35 bits per heavy atom. The van der Waals surface area contributed by atoms with Gasteiger partial charge in [0.15, 0.2) is 0 Å². The van der Waals surface area contributed by atoms with E-state index >= 15 is 0 Å². The maximum Gasteiger partial charge on any atom is 0.220 e. The summed E-state index contributed by atoms with van der Waals surface area (Å²) in [4.78, 5) is 11.1. The van der Waals surface area contributed by atoms with Gasteiger partial charge in [0.05, 0.1) is 0 Å². The molecule has 0 aromatic carbocycles. The van der Waals surface area contributed by atoms with Gasteiger partial charge in [0.1, 0.15) is 0 Å². The molecule has 0 spiro atoms. The molecule has 3 heteroatoms. The van der Waals surface area contributed by atoms with E-state index in [4.69, 9.17) is 5.73 Å². The zero-order valence-electron chi connectivity index (χ0n) is 11.0. The number of rotatable bonds is 3. The van der Waals surface area contributed by atoms with Crippen molar-refractivity contribution in [3.05, 3.63) is 0 Å². The van der Waals surface area contributed by atoms with Crippen LogP contribution in [-0.4, -0.2) is 18.0 Å². The topological polar surface area (TPSA) is 55.1 Å². The van der Waals surface area contributed by atoms with Crippen LogP contribution in [0.25, 0.3) is 0 Å². The van der Waals surface area contributed by atoms with Gasteiger partial charge in [-0.25, -0.2) is 0 Å². The van der Waals surface area contributed by atoms with Gasteiger partial charge in [0.25, 0.3) is 0 Å². The van der Waals surface area contributed by atoms with Gasteiger partial charge in [-0.15, -0.1) is 0 Å². The second kappa shape index (κ2) is 5.85. The van der Waals surface area contributed by atoms with Crippen molar-refractivity contribution in [3.63, 3.8) is 0 Å². The Balaban J connectivity index is 1.72. The fraction of sp³-hybridized carbons (Fsp3) is 0.929. The average Bonchev–Trinajstić information content (AvgIpc) is 2.29. The first-order valence-corrected chi connectivity index (χ1v) is 7.20. The summed E-state index contributed by atoms with van der Waals surface area (Å²) in [6.45, 7) is 2.36. The summed E-state index contributed by atoms with van der Waals surface area (Å²) in [6, 6.07) is 1.34. The minimum atomic E-state index is -0.102. The fourth-order valence-electron chi connectivity index (χ4n) is 3.46. The van der Waals surface area contributed by atoms with Gasteiger partial charge < -0.3 is 11.1 Å². The zero-order chi connectivity index (χ0) is 12.3. The van der Waals surface area contributed by atoms with E-state index in [9.17, 15) is 4.79 Å². The van der Waals surface area contributed by atoms with Gasteiger partial charge in [0.2, 0.25) is 5.91 Å². The zero-order valence-corrected chi connectivity index (χ0v) is 11.0. The van der Waals surface area contributed by atoms with E-state index in [1.807, 2.05) is 0 Å². The Morgan fingerprint density at radius 2 is 1.76 bits per heavy atom. The van der Waals surface area contributed by atoms with E-state index < -0.39 is 0 Å². The third-order valence-electron chi connectivity index (χ3n) is 4.54. The number of hydrogen-bond donors (Lipinski definition) is 2. The Hall–Kier alpha value is -0.570. The second-order valence-corrected chi connectivity index (χ2v) is 6.09. The van der Waals surface area contributed by atoms with Crippen LogP contribution in [0.1, 0.15) is 58.3 Å². The van der Waals surface area contributed by atoms with Crippen molar-refractivity contribution in [3.8, 4) is 0 Å². The summed E-state index contributed by atoms with van der Waals surface area (Å²) < 4.78 is 0. The Kier molecular flexibility index (Phi) is 4.43. The van der Waals surface area contributed by atoms with Crippen molar-refractivity contribution in [1.82, 2.24) is 5.32 Å². The fourth-order valence-corrected chi connectivity index (χ4v) is 3.46. The lowest BCUT2D eigenvalue weighted by atomic mass is 9.83. The first kappa shape index (κ1) is 12.9. The molecule has 3 nitrogen and oxygen atoms in total. The minimum Gasteiger partial charge on any atom is -0.369 e. The van der Waals surface area contributed by atoms with Crippen molar-refractivity contribution in [1.29, 1.82) is 0 Å². The molecule has 0 bridgehead atoms. The first-order chi connectivity index (χ1) is 8.15. The van der Waals surface area contributed by atoms with E-state index in [1.54, 1.807) is 0 Å². The predicted octanol–water partition coefficient (Wildman–Crippen LogP) is 2.20. The van der Waals surface area contributed by atoms with E-state index in [0.29, 0.717) is 12.1 Å². The largest absolute Gasteiger partial charge is 0.369 e. The SMILES string of the molecule is CC1CCCC(NC2CCC(C(N)=O)CC2)C1. The molecule has 2 rings (SSSR count). The predicted molar refractivity (Wildman–Crippen MR) is 69.5 cm³/mol. The summed E-state index contributed by atoms with van der Waals surface area (Å²) in [7, 11) is 0. The van der Waals surface area contributed by atoms with Crippen molar-refractivity contribution >= 4 is 5.91 Å². The Labute approximate surface area is 105 Å². The van der Waals surface area contributed by atoms with Gasteiger partial charge >= 0.3 is 0 Å². The number of carbonyl (C=O) groups excluding carboxylic acids is 1. The summed E-state index contributed by atoms with van der Waals surface area (Å²) in [6.07, 6.45) is 9.64.